The first-order valence-electron chi connectivity index (χ1n) is 14.4. The molecule has 33 heavy (non-hydrogen) atoms. The van der Waals surface area contributed by atoms with Crippen molar-refractivity contribution in [3.05, 3.63) is 12.2 Å². The van der Waals surface area contributed by atoms with Gasteiger partial charge in [-0.3, -0.25) is 4.79 Å². The molecule has 0 spiro atoms. The first-order valence-corrected chi connectivity index (χ1v) is 14.4. The molecule has 5 rings (SSSR count). The Morgan fingerprint density at radius 1 is 0.727 bits per heavy atom. The van der Waals surface area contributed by atoms with E-state index in [-0.39, 0.29) is 11.3 Å². The number of hydrogen-bond acceptors (Lipinski definition) is 1. The molecule has 10 atom stereocenters. The van der Waals surface area contributed by atoms with Crippen molar-refractivity contribution in [1.29, 1.82) is 0 Å². The first-order chi connectivity index (χ1) is 15.2. The van der Waals surface area contributed by atoms with Gasteiger partial charge in [-0.2, -0.15) is 0 Å². The monoisotopic (exact) mass is 452 g/mol. The number of Topliss-reactive ketones (excluding diaryl/α,β-unsaturated/α-hetero) is 1. The SMILES string of the molecule is C=C(C)C1CCC2(C)CCC3(C)C(CCC4C5(C)CCC(C(C)=O)C(C)(C)C5CCC43C)C12. The van der Waals surface area contributed by atoms with Crippen LogP contribution in [0.3, 0.4) is 0 Å². The van der Waals surface area contributed by atoms with Crippen LogP contribution in [-0.4, -0.2) is 5.78 Å². The molecule has 5 aliphatic rings. The summed E-state index contributed by atoms with van der Waals surface area (Å²) in [6.45, 7) is 24.3. The van der Waals surface area contributed by atoms with Crippen molar-refractivity contribution in [2.45, 2.75) is 120 Å². The highest BCUT2D eigenvalue weighted by Gasteiger charge is 2.70. The van der Waals surface area contributed by atoms with Gasteiger partial charge in [-0.05, 0) is 135 Å². The molecule has 5 aliphatic carbocycles. The third-order valence-electron chi connectivity index (χ3n) is 14.0. The summed E-state index contributed by atoms with van der Waals surface area (Å²) in [5.74, 6) is 4.66. The lowest BCUT2D eigenvalue weighted by atomic mass is 9.32. The van der Waals surface area contributed by atoms with Crippen molar-refractivity contribution >= 4 is 5.78 Å². The molecule has 0 bridgehead atoms. The molecule has 1 nitrogen and oxygen atoms in total. The van der Waals surface area contributed by atoms with Crippen molar-refractivity contribution in [3.63, 3.8) is 0 Å². The van der Waals surface area contributed by atoms with Gasteiger partial charge in [-0.1, -0.05) is 53.7 Å². The molecule has 5 saturated carbocycles. The van der Waals surface area contributed by atoms with Crippen LogP contribution in [0.5, 0.6) is 0 Å². The van der Waals surface area contributed by atoms with Crippen LogP contribution in [0.4, 0.5) is 0 Å². The highest BCUT2D eigenvalue weighted by Crippen LogP contribution is 2.77. The van der Waals surface area contributed by atoms with E-state index in [2.05, 4.69) is 55.0 Å². The van der Waals surface area contributed by atoms with E-state index in [0.29, 0.717) is 33.4 Å². The van der Waals surface area contributed by atoms with Gasteiger partial charge in [0.15, 0.2) is 0 Å². The summed E-state index contributed by atoms with van der Waals surface area (Å²) in [5.41, 5.74) is 3.41. The Labute approximate surface area is 204 Å². The lowest BCUT2D eigenvalue weighted by Gasteiger charge is -2.73. The molecule has 0 aliphatic heterocycles. The van der Waals surface area contributed by atoms with E-state index in [1.807, 2.05) is 6.92 Å². The fourth-order valence-corrected chi connectivity index (χ4v) is 12.2. The summed E-state index contributed by atoms with van der Waals surface area (Å²) in [4.78, 5) is 12.6. The van der Waals surface area contributed by atoms with Crippen LogP contribution in [0.2, 0.25) is 0 Å². The number of allylic oxidation sites excluding steroid dienone is 1. The second kappa shape index (κ2) is 7.22. The van der Waals surface area contributed by atoms with E-state index in [0.717, 1.165) is 30.1 Å². The van der Waals surface area contributed by atoms with E-state index in [9.17, 15) is 4.79 Å². The number of hydrogen-bond donors (Lipinski definition) is 0. The lowest BCUT2D eigenvalue weighted by Crippen LogP contribution is -2.66. The van der Waals surface area contributed by atoms with Crippen LogP contribution in [-0.2, 0) is 4.79 Å². The van der Waals surface area contributed by atoms with Crippen LogP contribution in [0.15, 0.2) is 12.2 Å². The standard InChI is InChI=1S/C32H52O/c1-20(2)22-12-15-29(6)18-19-31(8)24(27(22)29)10-11-26-30(7)16-13-23(21(3)33)28(4,5)25(30)14-17-32(26,31)9/h22-27H,1,10-19H2,2-9H3. The van der Waals surface area contributed by atoms with Gasteiger partial charge in [0.05, 0.1) is 0 Å². The largest absolute Gasteiger partial charge is 0.300 e. The second-order valence-electron chi connectivity index (χ2n) is 15.4. The third kappa shape index (κ3) is 2.92. The minimum absolute atomic E-state index is 0.138. The van der Waals surface area contributed by atoms with Crippen LogP contribution in [0, 0.1) is 62.6 Å². The lowest BCUT2D eigenvalue weighted by molar-refractivity contribution is -0.240. The Kier molecular flexibility index (Phi) is 5.28. The molecule has 0 N–H and O–H groups in total. The Balaban J connectivity index is 1.53. The highest BCUT2D eigenvalue weighted by atomic mass is 16.1. The molecule has 0 saturated heterocycles. The van der Waals surface area contributed by atoms with Gasteiger partial charge in [0, 0.05) is 5.92 Å². The van der Waals surface area contributed by atoms with Gasteiger partial charge in [0.25, 0.3) is 0 Å². The van der Waals surface area contributed by atoms with Crippen molar-refractivity contribution in [2.24, 2.45) is 62.6 Å². The highest BCUT2D eigenvalue weighted by molar-refractivity contribution is 5.79. The maximum Gasteiger partial charge on any atom is 0.133 e. The topological polar surface area (TPSA) is 17.1 Å². The van der Waals surface area contributed by atoms with Gasteiger partial charge in [-0.15, -0.1) is 0 Å². The van der Waals surface area contributed by atoms with Gasteiger partial charge in [0.2, 0.25) is 0 Å². The zero-order chi connectivity index (χ0) is 24.2. The average Bonchev–Trinajstić information content (AvgIpc) is 3.05. The summed E-state index contributed by atoms with van der Waals surface area (Å²) in [6.07, 6.45) is 13.6. The second-order valence-corrected chi connectivity index (χ2v) is 15.4. The Morgan fingerprint density at radius 2 is 1.42 bits per heavy atom. The first kappa shape index (κ1) is 24.1. The smallest absolute Gasteiger partial charge is 0.133 e. The summed E-state index contributed by atoms with van der Waals surface area (Å²) in [5, 5.41) is 0. The Morgan fingerprint density at radius 3 is 2.06 bits per heavy atom. The predicted octanol–water partition coefficient (Wildman–Crippen LogP) is 8.87. The molecule has 0 amide bonds. The molecular weight excluding hydrogens is 400 g/mol. The van der Waals surface area contributed by atoms with E-state index < -0.39 is 0 Å². The molecule has 0 aromatic heterocycles. The van der Waals surface area contributed by atoms with Crippen LogP contribution >= 0.6 is 0 Å². The third-order valence-corrected chi connectivity index (χ3v) is 14.0. The minimum atomic E-state index is 0.138. The number of carbonyl (C=O) groups excluding carboxylic acids is 1. The van der Waals surface area contributed by atoms with Crippen molar-refractivity contribution in [1.82, 2.24) is 0 Å². The zero-order valence-electron chi connectivity index (χ0n) is 23.2. The molecule has 0 aromatic carbocycles. The summed E-state index contributed by atoms with van der Waals surface area (Å²) < 4.78 is 0. The summed E-state index contributed by atoms with van der Waals surface area (Å²) >= 11 is 0. The van der Waals surface area contributed by atoms with Gasteiger partial charge in [-0.25, -0.2) is 0 Å². The number of carbonyl (C=O) groups is 1. The van der Waals surface area contributed by atoms with Crippen LogP contribution < -0.4 is 0 Å². The number of fused-ring (bicyclic) bond motifs is 7. The molecule has 0 heterocycles. The predicted molar refractivity (Wildman–Crippen MR) is 139 cm³/mol. The van der Waals surface area contributed by atoms with E-state index in [1.165, 1.54) is 63.4 Å². The van der Waals surface area contributed by atoms with Crippen molar-refractivity contribution < 1.29 is 4.79 Å². The van der Waals surface area contributed by atoms with Crippen molar-refractivity contribution in [3.8, 4) is 0 Å². The minimum Gasteiger partial charge on any atom is -0.300 e. The molecule has 1 heteroatoms. The summed E-state index contributed by atoms with van der Waals surface area (Å²) in [6, 6.07) is 0. The zero-order valence-corrected chi connectivity index (χ0v) is 23.2. The molecule has 186 valence electrons. The maximum atomic E-state index is 12.6. The van der Waals surface area contributed by atoms with E-state index in [1.54, 1.807) is 0 Å². The fourth-order valence-electron chi connectivity index (χ4n) is 12.2. The van der Waals surface area contributed by atoms with E-state index in [4.69, 9.17) is 0 Å². The van der Waals surface area contributed by atoms with E-state index >= 15 is 0 Å². The number of ketones is 1. The normalized spacial score (nSPS) is 55.0. The van der Waals surface area contributed by atoms with Gasteiger partial charge in [0.1, 0.15) is 5.78 Å². The fraction of sp³-hybridized carbons (Fsp3) is 0.906. The number of rotatable bonds is 2. The molecular formula is C32H52O. The summed E-state index contributed by atoms with van der Waals surface area (Å²) in [7, 11) is 0. The quantitative estimate of drug-likeness (QED) is 0.382. The average molecular weight is 453 g/mol. The molecule has 5 fully saturated rings. The Bertz CT molecular complexity index is 853. The van der Waals surface area contributed by atoms with Crippen LogP contribution in [0.1, 0.15) is 120 Å². The Hall–Kier alpha value is -0.590. The van der Waals surface area contributed by atoms with Crippen molar-refractivity contribution in [2.75, 3.05) is 0 Å². The van der Waals surface area contributed by atoms with Gasteiger partial charge >= 0.3 is 0 Å². The van der Waals surface area contributed by atoms with Gasteiger partial charge < -0.3 is 0 Å². The van der Waals surface area contributed by atoms with Crippen LogP contribution in [0.25, 0.3) is 0 Å². The molecule has 0 aromatic rings. The molecule has 0 radical (unpaired) electrons. The molecule has 10 unspecified atom stereocenters. The maximum absolute atomic E-state index is 12.6.